The smallest absolute Gasteiger partial charge is 0.253 e. The van der Waals surface area contributed by atoms with Crippen LogP contribution in [0, 0.1) is 11.2 Å². The predicted octanol–water partition coefficient (Wildman–Crippen LogP) is 3.24. The zero-order chi connectivity index (χ0) is 22.7. The lowest BCUT2D eigenvalue weighted by Crippen LogP contribution is -2.42. The number of halogens is 2. The molecule has 1 spiro atoms. The number of nitrogens with zero attached hydrogens (tertiary/aromatic N) is 2. The maximum atomic E-state index is 15.6. The first-order valence-corrected chi connectivity index (χ1v) is 11.0. The van der Waals surface area contributed by atoms with Gasteiger partial charge in [0, 0.05) is 46.8 Å². The number of carbonyl (C=O) groups excluding carboxylic acids is 2. The van der Waals surface area contributed by atoms with Crippen LogP contribution in [0.15, 0.2) is 24.4 Å². The summed E-state index contributed by atoms with van der Waals surface area (Å²) in [5.74, 6) is -0.477. The molecule has 2 aromatic rings. The number of nitrogens with one attached hydrogen (secondary N) is 1. The standard InChI is InChI=1S/C23H24ClFN4O3/c1-22(21(26)31)5-6-23(11-22)12-28-20-17(23)18(24)14(9-27-20)13-3-2-4-15(19(13)25)29-7-8-32-10-16(29)30/h2-4,9H,5-8,10-12H2,1H3,(H2,26,31)(H,27,28). The van der Waals surface area contributed by atoms with Crippen molar-refractivity contribution in [2.75, 3.05) is 36.5 Å². The number of carbonyl (C=O) groups is 2. The first-order chi connectivity index (χ1) is 15.3. The summed E-state index contributed by atoms with van der Waals surface area (Å²) in [6, 6.07) is 4.92. The summed E-state index contributed by atoms with van der Waals surface area (Å²) < 4.78 is 20.8. The fourth-order valence-corrected chi connectivity index (χ4v) is 5.80. The van der Waals surface area contributed by atoms with Crippen LogP contribution in [0.4, 0.5) is 15.9 Å². The van der Waals surface area contributed by atoms with E-state index in [4.69, 9.17) is 22.1 Å². The molecule has 2 fully saturated rings. The first kappa shape index (κ1) is 21.2. The molecule has 3 N–H and O–H groups in total. The van der Waals surface area contributed by atoms with E-state index in [1.165, 1.54) is 4.90 Å². The van der Waals surface area contributed by atoms with Crippen LogP contribution < -0.4 is 16.0 Å². The number of ether oxygens (including phenoxy) is 1. The molecule has 5 rings (SSSR count). The third-order valence-electron chi connectivity index (χ3n) is 7.16. The predicted molar refractivity (Wildman–Crippen MR) is 119 cm³/mol. The quantitative estimate of drug-likeness (QED) is 0.735. The number of rotatable bonds is 3. The Morgan fingerprint density at radius 3 is 2.88 bits per heavy atom. The molecule has 3 aliphatic rings. The molecular weight excluding hydrogens is 435 g/mol. The Morgan fingerprint density at radius 1 is 1.34 bits per heavy atom. The van der Waals surface area contributed by atoms with Gasteiger partial charge in [-0.05, 0) is 25.3 Å². The Bertz CT molecular complexity index is 1140. The van der Waals surface area contributed by atoms with Gasteiger partial charge in [-0.15, -0.1) is 0 Å². The maximum Gasteiger partial charge on any atom is 0.253 e. The number of morpholine rings is 1. The molecule has 2 unspecified atom stereocenters. The molecule has 1 saturated carbocycles. The molecule has 1 aromatic heterocycles. The lowest BCUT2D eigenvalue weighted by atomic mass is 9.76. The maximum absolute atomic E-state index is 15.6. The number of amides is 2. The molecule has 1 saturated heterocycles. The summed E-state index contributed by atoms with van der Waals surface area (Å²) in [6.45, 7) is 3.05. The molecule has 168 valence electrons. The van der Waals surface area contributed by atoms with Gasteiger partial charge in [-0.3, -0.25) is 9.59 Å². The molecule has 2 atom stereocenters. The summed E-state index contributed by atoms with van der Waals surface area (Å²) in [4.78, 5) is 30.2. The molecule has 3 heterocycles. The monoisotopic (exact) mass is 458 g/mol. The minimum absolute atomic E-state index is 0.0718. The van der Waals surface area contributed by atoms with Gasteiger partial charge >= 0.3 is 0 Å². The van der Waals surface area contributed by atoms with Gasteiger partial charge < -0.3 is 20.7 Å². The van der Waals surface area contributed by atoms with E-state index in [2.05, 4.69) is 10.3 Å². The lowest BCUT2D eigenvalue weighted by molar-refractivity contribution is -0.127. The second kappa shape index (κ2) is 7.42. The average molecular weight is 459 g/mol. The van der Waals surface area contributed by atoms with Gasteiger partial charge in [0.2, 0.25) is 5.91 Å². The molecule has 1 aliphatic carbocycles. The van der Waals surface area contributed by atoms with E-state index >= 15 is 4.39 Å². The van der Waals surface area contributed by atoms with E-state index in [9.17, 15) is 9.59 Å². The van der Waals surface area contributed by atoms with E-state index in [1.807, 2.05) is 6.92 Å². The Labute approximate surface area is 190 Å². The zero-order valence-corrected chi connectivity index (χ0v) is 18.5. The number of primary amides is 1. The van der Waals surface area contributed by atoms with E-state index in [0.29, 0.717) is 42.4 Å². The van der Waals surface area contributed by atoms with E-state index in [1.54, 1.807) is 24.4 Å². The summed E-state index contributed by atoms with van der Waals surface area (Å²) in [7, 11) is 0. The van der Waals surface area contributed by atoms with E-state index in [-0.39, 0.29) is 41.6 Å². The van der Waals surface area contributed by atoms with Crippen LogP contribution >= 0.6 is 11.6 Å². The van der Waals surface area contributed by atoms with Crippen LogP contribution in [-0.4, -0.2) is 43.1 Å². The van der Waals surface area contributed by atoms with Crippen molar-refractivity contribution < 1.29 is 18.7 Å². The Morgan fingerprint density at radius 2 is 2.16 bits per heavy atom. The molecule has 9 heteroatoms. The highest BCUT2D eigenvalue weighted by Crippen LogP contribution is 2.57. The lowest BCUT2D eigenvalue weighted by Gasteiger charge is -2.28. The third kappa shape index (κ3) is 3.08. The largest absolute Gasteiger partial charge is 0.370 e. The number of hydrogen-bond donors (Lipinski definition) is 2. The Kier molecular flexibility index (Phi) is 4.90. The van der Waals surface area contributed by atoms with Crippen LogP contribution in [0.5, 0.6) is 0 Å². The summed E-state index contributed by atoms with van der Waals surface area (Å²) >= 11 is 6.91. The van der Waals surface area contributed by atoms with Crippen LogP contribution in [0.2, 0.25) is 5.02 Å². The van der Waals surface area contributed by atoms with Crippen LogP contribution in [0.1, 0.15) is 31.7 Å². The molecule has 2 aliphatic heterocycles. The average Bonchev–Trinajstić information content (AvgIpc) is 3.31. The summed E-state index contributed by atoms with van der Waals surface area (Å²) in [5, 5.41) is 3.72. The molecule has 1 aromatic carbocycles. The van der Waals surface area contributed by atoms with Crippen LogP contribution in [0.3, 0.4) is 0 Å². The molecule has 0 radical (unpaired) electrons. The highest BCUT2D eigenvalue weighted by Gasteiger charge is 2.53. The van der Waals surface area contributed by atoms with Gasteiger partial charge in [0.15, 0.2) is 5.82 Å². The fourth-order valence-electron chi connectivity index (χ4n) is 5.36. The van der Waals surface area contributed by atoms with Gasteiger partial charge in [-0.1, -0.05) is 30.7 Å². The second-order valence-corrected chi connectivity index (χ2v) is 9.56. The minimum atomic E-state index is -0.621. The van der Waals surface area contributed by atoms with Crippen molar-refractivity contribution in [1.29, 1.82) is 0 Å². The number of benzene rings is 1. The second-order valence-electron chi connectivity index (χ2n) is 9.18. The zero-order valence-electron chi connectivity index (χ0n) is 17.7. The number of aromatic nitrogens is 1. The van der Waals surface area contributed by atoms with Crippen molar-refractivity contribution >= 4 is 34.9 Å². The summed E-state index contributed by atoms with van der Waals surface area (Å²) in [5.41, 5.74) is 6.43. The molecular formula is C23H24ClFN4O3. The van der Waals surface area contributed by atoms with Crippen molar-refractivity contribution in [2.45, 2.75) is 31.6 Å². The van der Waals surface area contributed by atoms with E-state index < -0.39 is 11.2 Å². The van der Waals surface area contributed by atoms with Crippen molar-refractivity contribution in [3.63, 3.8) is 0 Å². The van der Waals surface area contributed by atoms with Crippen molar-refractivity contribution in [2.24, 2.45) is 11.1 Å². The highest BCUT2D eigenvalue weighted by molar-refractivity contribution is 6.34. The fraction of sp³-hybridized carbons (Fsp3) is 0.435. The first-order valence-electron chi connectivity index (χ1n) is 10.7. The topological polar surface area (TPSA) is 97.6 Å². The number of pyridine rings is 1. The normalized spacial score (nSPS) is 27.0. The number of anilines is 2. The molecule has 2 amide bonds. The van der Waals surface area contributed by atoms with Crippen molar-refractivity contribution in [3.05, 3.63) is 40.8 Å². The number of fused-ring (bicyclic) bond motifs is 2. The van der Waals surface area contributed by atoms with Gasteiger partial charge in [-0.25, -0.2) is 9.37 Å². The summed E-state index contributed by atoms with van der Waals surface area (Å²) in [6.07, 6.45) is 3.51. The van der Waals surface area contributed by atoms with Crippen molar-refractivity contribution in [3.8, 4) is 11.1 Å². The van der Waals surface area contributed by atoms with Gasteiger partial charge in [0.25, 0.3) is 5.91 Å². The van der Waals surface area contributed by atoms with Gasteiger partial charge in [0.1, 0.15) is 12.4 Å². The SMILES string of the molecule is CC1(C(N)=O)CCC2(CNc3ncc(-c4cccc(N5CCOCC5=O)c4F)c(Cl)c32)C1. The molecule has 7 nitrogen and oxygen atoms in total. The molecule has 32 heavy (non-hydrogen) atoms. The van der Waals surface area contributed by atoms with Crippen molar-refractivity contribution in [1.82, 2.24) is 4.98 Å². The highest BCUT2D eigenvalue weighted by atomic mass is 35.5. The Balaban J connectivity index is 1.59. The molecule has 0 bridgehead atoms. The third-order valence-corrected chi connectivity index (χ3v) is 7.56. The Hall–Kier alpha value is -2.71. The van der Waals surface area contributed by atoms with Gasteiger partial charge in [0.05, 0.1) is 17.3 Å². The van der Waals surface area contributed by atoms with Crippen LogP contribution in [-0.2, 0) is 19.7 Å². The number of hydrogen-bond acceptors (Lipinski definition) is 5. The minimum Gasteiger partial charge on any atom is -0.370 e. The number of nitrogens with two attached hydrogens (primary N) is 1. The van der Waals surface area contributed by atoms with E-state index in [0.717, 1.165) is 12.0 Å². The van der Waals surface area contributed by atoms with Crippen LogP contribution in [0.25, 0.3) is 11.1 Å². The van der Waals surface area contributed by atoms with Gasteiger partial charge in [-0.2, -0.15) is 0 Å².